The molecule has 84 valence electrons. The van der Waals surface area contributed by atoms with Gasteiger partial charge in [0, 0.05) is 6.92 Å². The topological polar surface area (TPSA) is 52.3 Å². The highest BCUT2D eigenvalue weighted by molar-refractivity contribution is 5.85. The molecule has 0 spiro atoms. The van der Waals surface area contributed by atoms with E-state index in [9.17, 15) is 9.18 Å². The van der Waals surface area contributed by atoms with Gasteiger partial charge in [-0.1, -0.05) is 12.1 Å². The van der Waals surface area contributed by atoms with E-state index in [4.69, 9.17) is 10.5 Å². The van der Waals surface area contributed by atoms with Gasteiger partial charge in [-0.25, -0.2) is 4.39 Å². The maximum absolute atomic E-state index is 12.2. The van der Waals surface area contributed by atoms with E-state index in [1.54, 1.807) is 24.3 Å². The fourth-order valence-electron chi connectivity index (χ4n) is 1.04. The first kappa shape index (κ1) is 13.9. The zero-order chi connectivity index (χ0) is 10.6. The first-order chi connectivity index (χ1) is 6.63. The van der Waals surface area contributed by atoms with Crippen molar-refractivity contribution in [3.8, 4) is 5.75 Å². The Kier molecular flexibility index (Phi) is 5.89. The molecule has 15 heavy (non-hydrogen) atoms. The van der Waals surface area contributed by atoms with Gasteiger partial charge in [-0.2, -0.15) is 0 Å². The van der Waals surface area contributed by atoms with Crippen LogP contribution < -0.4 is 10.5 Å². The van der Waals surface area contributed by atoms with Crippen LogP contribution in [0.2, 0.25) is 0 Å². The Morgan fingerprint density at radius 3 is 2.40 bits per heavy atom. The van der Waals surface area contributed by atoms with Gasteiger partial charge in [0.2, 0.25) is 0 Å². The van der Waals surface area contributed by atoms with Crippen LogP contribution in [-0.2, 0) is 4.79 Å². The Morgan fingerprint density at radius 2 is 2.00 bits per heavy atom. The molecule has 0 saturated heterocycles. The quantitative estimate of drug-likeness (QED) is 0.642. The molecular weight excluding hydrogens is 221 g/mol. The molecule has 0 amide bonds. The minimum Gasteiger partial charge on any atom is -0.427 e. The zero-order valence-electron chi connectivity index (χ0n) is 8.27. The number of carbonyl (C=O) groups excluding carboxylic acids is 1. The normalized spacial score (nSPS) is 11.4. The summed E-state index contributed by atoms with van der Waals surface area (Å²) in [6, 6.07) is 5.85. The van der Waals surface area contributed by atoms with E-state index in [0.29, 0.717) is 11.3 Å². The van der Waals surface area contributed by atoms with Gasteiger partial charge in [0.15, 0.2) is 0 Å². The molecule has 0 aliphatic heterocycles. The molecular formula is C10H13ClFNO2. The Labute approximate surface area is 93.8 Å². The van der Waals surface area contributed by atoms with E-state index in [2.05, 4.69) is 0 Å². The predicted octanol–water partition coefficient (Wildman–Crippen LogP) is 2.00. The first-order valence-electron chi connectivity index (χ1n) is 4.23. The summed E-state index contributed by atoms with van der Waals surface area (Å²) < 4.78 is 17.0. The van der Waals surface area contributed by atoms with E-state index in [1.165, 1.54) is 6.92 Å². The average molecular weight is 234 g/mol. The van der Waals surface area contributed by atoms with Crippen molar-refractivity contribution in [1.29, 1.82) is 0 Å². The second kappa shape index (κ2) is 6.37. The Morgan fingerprint density at radius 1 is 1.47 bits per heavy atom. The number of rotatable bonds is 3. The van der Waals surface area contributed by atoms with Crippen molar-refractivity contribution in [2.45, 2.75) is 13.0 Å². The van der Waals surface area contributed by atoms with Gasteiger partial charge >= 0.3 is 5.97 Å². The Hall–Kier alpha value is -1.13. The standard InChI is InChI=1S/C10H12FNO2.ClH/c1-7(13)14-9-4-2-8(3-5-9)10(12)6-11;/h2-5,10H,6,12H2,1H3;1H/t10-;/m0./s1. The second-order valence-corrected chi connectivity index (χ2v) is 2.92. The maximum Gasteiger partial charge on any atom is 0.308 e. The highest BCUT2D eigenvalue weighted by Gasteiger charge is 2.05. The molecule has 0 radical (unpaired) electrons. The summed E-state index contributed by atoms with van der Waals surface area (Å²) in [5.41, 5.74) is 6.15. The molecule has 0 aliphatic rings. The van der Waals surface area contributed by atoms with Crippen LogP contribution in [0.3, 0.4) is 0 Å². The van der Waals surface area contributed by atoms with Crippen molar-refractivity contribution in [3.05, 3.63) is 29.8 Å². The van der Waals surface area contributed by atoms with Gasteiger partial charge in [-0.05, 0) is 17.7 Å². The third-order valence-electron chi connectivity index (χ3n) is 1.74. The van der Waals surface area contributed by atoms with Gasteiger partial charge in [-0.3, -0.25) is 4.79 Å². The summed E-state index contributed by atoms with van der Waals surface area (Å²) in [6.07, 6.45) is 0. The van der Waals surface area contributed by atoms with Crippen molar-refractivity contribution in [1.82, 2.24) is 0 Å². The third-order valence-corrected chi connectivity index (χ3v) is 1.74. The van der Waals surface area contributed by atoms with Crippen LogP contribution in [-0.4, -0.2) is 12.6 Å². The van der Waals surface area contributed by atoms with Crippen LogP contribution in [0.25, 0.3) is 0 Å². The lowest BCUT2D eigenvalue weighted by molar-refractivity contribution is -0.131. The molecule has 1 rings (SSSR count). The molecule has 3 nitrogen and oxygen atoms in total. The predicted molar refractivity (Wildman–Crippen MR) is 57.9 cm³/mol. The first-order valence-corrected chi connectivity index (χ1v) is 4.23. The van der Waals surface area contributed by atoms with Crippen molar-refractivity contribution in [2.75, 3.05) is 6.67 Å². The number of nitrogens with two attached hydrogens (primary N) is 1. The largest absolute Gasteiger partial charge is 0.427 e. The number of ether oxygens (including phenoxy) is 1. The van der Waals surface area contributed by atoms with Crippen LogP contribution >= 0.6 is 12.4 Å². The summed E-state index contributed by atoms with van der Waals surface area (Å²) in [5.74, 6) is 0.0554. The smallest absolute Gasteiger partial charge is 0.308 e. The zero-order valence-corrected chi connectivity index (χ0v) is 9.09. The number of benzene rings is 1. The minimum atomic E-state index is -0.610. The van der Waals surface area contributed by atoms with Crippen LogP contribution in [0.5, 0.6) is 5.75 Å². The van der Waals surface area contributed by atoms with Crippen LogP contribution in [0, 0.1) is 0 Å². The summed E-state index contributed by atoms with van der Waals surface area (Å²) in [6.45, 7) is 0.716. The number of halogens is 2. The highest BCUT2D eigenvalue weighted by atomic mass is 35.5. The molecule has 1 aromatic carbocycles. The highest BCUT2D eigenvalue weighted by Crippen LogP contribution is 2.16. The van der Waals surface area contributed by atoms with Gasteiger partial charge in [-0.15, -0.1) is 12.4 Å². The number of alkyl halides is 1. The monoisotopic (exact) mass is 233 g/mol. The molecule has 1 atom stereocenters. The van der Waals surface area contributed by atoms with Gasteiger partial charge in [0.1, 0.15) is 12.4 Å². The number of hydrogen-bond acceptors (Lipinski definition) is 3. The Bertz CT molecular complexity index is 316. The van der Waals surface area contributed by atoms with Crippen LogP contribution in [0.15, 0.2) is 24.3 Å². The molecule has 0 fully saturated rings. The molecule has 0 heterocycles. The lowest BCUT2D eigenvalue weighted by Crippen LogP contribution is -2.11. The van der Waals surface area contributed by atoms with Gasteiger partial charge < -0.3 is 10.5 Å². The molecule has 0 unspecified atom stereocenters. The summed E-state index contributed by atoms with van der Waals surface area (Å²) in [7, 11) is 0. The molecule has 0 aliphatic carbocycles. The molecule has 0 bridgehead atoms. The fourth-order valence-corrected chi connectivity index (χ4v) is 1.04. The fraction of sp³-hybridized carbons (Fsp3) is 0.300. The molecule has 2 N–H and O–H groups in total. The third kappa shape index (κ3) is 4.27. The van der Waals surface area contributed by atoms with Crippen molar-refractivity contribution < 1.29 is 13.9 Å². The lowest BCUT2D eigenvalue weighted by Gasteiger charge is -2.07. The number of esters is 1. The molecule has 1 aromatic rings. The van der Waals surface area contributed by atoms with E-state index in [1.807, 2.05) is 0 Å². The SMILES string of the molecule is CC(=O)Oc1ccc([C@@H](N)CF)cc1.Cl. The lowest BCUT2D eigenvalue weighted by atomic mass is 10.1. The van der Waals surface area contributed by atoms with Gasteiger partial charge in [0.25, 0.3) is 0 Å². The molecule has 0 saturated carbocycles. The average Bonchev–Trinajstić information content (AvgIpc) is 2.17. The summed E-state index contributed by atoms with van der Waals surface area (Å²) in [5, 5.41) is 0. The number of carbonyl (C=O) groups is 1. The van der Waals surface area contributed by atoms with Crippen LogP contribution in [0.4, 0.5) is 4.39 Å². The van der Waals surface area contributed by atoms with E-state index in [0.717, 1.165) is 0 Å². The summed E-state index contributed by atoms with van der Waals surface area (Å²) >= 11 is 0. The van der Waals surface area contributed by atoms with Gasteiger partial charge in [0.05, 0.1) is 6.04 Å². The minimum absolute atomic E-state index is 0. The second-order valence-electron chi connectivity index (χ2n) is 2.92. The van der Waals surface area contributed by atoms with Crippen molar-refractivity contribution in [3.63, 3.8) is 0 Å². The van der Waals surface area contributed by atoms with Crippen molar-refractivity contribution >= 4 is 18.4 Å². The van der Waals surface area contributed by atoms with Crippen LogP contribution in [0.1, 0.15) is 18.5 Å². The Balaban J connectivity index is 0.00000196. The molecule has 0 aromatic heterocycles. The maximum atomic E-state index is 12.2. The molecule has 5 heteroatoms. The van der Waals surface area contributed by atoms with Crippen molar-refractivity contribution in [2.24, 2.45) is 5.73 Å². The van der Waals surface area contributed by atoms with E-state index in [-0.39, 0.29) is 18.4 Å². The van der Waals surface area contributed by atoms with E-state index < -0.39 is 12.7 Å². The number of hydrogen-bond donors (Lipinski definition) is 1. The summed E-state index contributed by atoms with van der Waals surface area (Å²) in [4.78, 5) is 10.6. The van der Waals surface area contributed by atoms with E-state index >= 15 is 0 Å².